The molecule has 0 N–H and O–H groups in total. The quantitative estimate of drug-likeness (QED) is 0.692. The summed E-state index contributed by atoms with van der Waals surface area (Å²) in [6, 6.07) is 25.1. The summed E-state index contributed by atoms with van der Waals surface area (Å²) in [6.45, 7) is 1.05. The number of hydrogen-bond donors (Lipinski definition) is 0. The van der Waals surface area contributed by atoms with E-state index in [4.69, 9.17) is 10.00 Å². The number of carbonyl (C=O) groups is 1. The molecule has 5 heteroatoms. The zero-order valence-electron chi connectivity index (χ0n) is 15.2. The van der Waals surface area contributed by atoms with Gasteiger partial charge in [0.2, 0.25) is 11.8 Å². The van der Waals surface area contributed by atoms with Crippen LogP contribution in [-0.2, 0) is 4.79 Å². The lowest BCUT2D eigenvalue weighted by Gasteiger charge is -2.40. The number of hydrogen-bond acceptors (Lipinski definition) is 4. The monoisotopic (exact) mass is 369 g/mol. The van der Waals surface area contributed by atoms with Crippen molar-refractivity contribution in [2.75, 3.05) is 13.1 Å². The Hall–Kier alpha value is -3.65. The lowest BCUT2D eigenvalue weighted by Crippen LogP contribution is -2.57. The van der Waals surface area contributed by atoms with Crippen LogP contribution < -0.4 is 4.74 Å². The highest BCUT2D eigenvalue weighted by molar-refractivity contribution is 5.88. The molecule has 0 unspecified atom stereocenters. The zero-order valence-corrected chi connectivity index (χ0v) is 15.2. The molecule has 28 heavy (non-hydrogen) atoms. The van der Waals surface area contributed by atoms with E-state index >= 15 is 0 Å². The molecule has 0 saturated carbocycles. The van der Waals surface area contributed by atoms with Gasteiger partial charge in [0.1, 0.15) is 12.2 Å². The topological polar surface area (TPSA) is 66.2 Å². The van der Waals surface area contributed by atoms with Crippen molar-refractivity contribution in [3.05, 3.63) is 95.7 Å². The van der Waals surface area contributed by atoms with E-state index in [0.29, 0.717) is 24.5 Å². The molecule has 1 aromatic heterocycles. The van der Waals surface area contributed by atoms with Gasteiger partial charge in [-0.3, -0.25) is 4.79 Å². The van der Waals surface area contributed by atoms with Gasteiger partial charge in [0.25, 0.3) is 0 Å². The molecule has 1 amide bonds. The van der Waals surface area contributed by atoms with Crippen molar-refractivity contribution in [1.29, 1.82) is 5.26 Å². The Morgan fingerprint density at radius 1 is 1.00 bits per heavy atom. The van der Waals surface area contributed by atoms with Crippen LogP contribution in [0, 0.1) is 11.3 Å². The molecule has 2 aromatic carbocycles. The number of nitriles is 1. The molecular weight excluding hydrogens is 350 g/mol. The highest BCUT2D eigenvalue weighted by Gasteiger charge is 2.37. The van der Waals surface area contributed by atoms with Crippen LogP contribution in [0.3, 0.4) is 0 Å². The van der Waals surface area contributed by atoms with Gasteiger partial charge in [-0.15, -0.1) is 0 Å². The lowest BCUT2D eigenvalue weighted by atomic mass is 9.89. The number of nitrogens with zero attached hydrogens (tertiary/aromatic N) is 3. The van der Waals surface area contributed by atoms with Gasteiger partial charge in [0, 0.05) is 12.3 Å². The van der Waals surface area contributed by atoms with Crippen LogP contribution in [0.15, 0.2) is 79.0 Å². The van der Waals surface area contributed by atoms with Crippen LogP contribution in [0.25, 0.3) is 0 Å². The Kier molecular flexibility index (Phi) is 5.03. The minimum Gasteiger partial charge on any atom is -0.471 e. The number of rotatable bonds is 5. The van der Waals surface area contributed by atoms with Crippen LogP contribution in [0.4, 0.5) is 0 Å². The minimum absolute atomic E-state index is 0.0741. The second-order valence-electron chi connectivity index (χ2n) is 6.73. The molecule has 0 atom stereocenters. The molecule has 5 nitrogen and oxygen atoms in total. The molecule has 3 aromatic rings. The number of ether oxygens (including phenoxy) is 1. The maximum absolute atomic E-state index is 13.2. The van der Waals surface area contributed by atoms with Crippen molar-refractivity contribution >= 4 is 5.91 Å². The Morgan fingerprint density at radius 3 is 2.11 bits per heavy atom. The van der Waals surface area contributed by atoms with E-state index in [1.54, 1.807) is 12.1 Å². The normalized spacial score (nSPS) is 13.6. The van der Waals surface area contributed by atoms with E-state index in [1.807, 2.05) is 71.6 Å². The van der Waals surface area contributed by atoms with Crippen LogP contribution in [0.1, 0.15) is 22.6 Å². The maximum Gasteiger partial charge on any atom is 0.234 e. The second-order valence-corrected chi connectivity index (χ2v) is 6.73. The summed E-state index contributed by atoms with van der Waals surface area (Å²) in [5, 5.41) is 8.83. The molecule has 138 valence electrons. The molecule has 0 aliphatic carbocycles. The van der Waals surface area contributed by atoms with Gasteiger partial charge in [-0.05, 0) is 17.2 Å². The molecule has 0 spiro atoms. The predicted octanol–water partition coefficient (Wildman–Crippen LogP) is 3.37. The number of likely N-dealkylation sites (tertiary alicyclic amines) is 1. The van der Waals surface area contributed by atoms with Gasteiger partial charge in [0.05, 0.1) is 24.6 Å². The highest BCUT2D eigenvalue weighted by Crippen LogP contribution is 2.29. The van der Waals surface area contributed by atoms with Gasteiger partial charge < -0.3 is 9.64 Å². The van der Waals surface area contributed by atoms with Gasteiger partial charge in [-0.25, -0.2) is 4.98 Å². The molecule has 1 fully saturated rings. The van der Waals surface area contributed by atoms with E-state index < -0.39 is 0 Å². The van der Waals surface area contributed by atoms with Crippen LogP contribution in [-0.4, -0.2) is 35.0 Å². The van der Waals surface area contributed by atoms with E-state index in [9.17, 15) is 4.79 Å². The van der Waals surface area contributed by atoms with Crippen molar-refractivity contribution in [3.63, 3.8) is 0 Å². The fraction of sp³-hybridized carbons (Fsp3) is 0.174. The Balaban J connectivity index is 1.45. The summed E-state index contributed by atoms with van der Waals surface area (Å²) in [4.78, 5) is 19.2. The molecule has 1 saturated heterocycles. The third kappa shape index (κ3) is 3.72. The van der Waals surface area contributed by atoms with Crippen molar-refractivity contribution in [3.8, 4) is 11.9 Å². The third-order valence-electron chi connectivity index (χ3n) is 4.83. The first-order valence-corrected chi connectivity index (χ1v) is 9.16. The Labute approximate surface area is 163 Å². The lowest BCUT2D eigenvalue weighted by molar-refractivity contribution is -0.140. The zero-order chi connectivity index (χ0) is 19.3. The molecule has 0 bridgehead atoms. The van der Waals surface area contributed by atoms with Crippen molar-refractivity contribution < 1.29 is 9.53 Å². The molecule has 1 aliphatic rings. The van der Waals surface area contributed by atoms with Crippen LogP contribution in [0.2, 0.25) is 0 Å². The predicted molar refractivity (Wildman–Crippen MR) is 105 cm³/mol. The smallest absolute Gasteiger partial charge is 0.234 e. The SMILES string of the molecule is N#Cc1ccc(OC2CN(C(=O)C(c3ccccc3)c3ccccc3)C2)nc1. The third-order valence-corrected chi connectivity index (χ3v) is 4.83. The van der Waals surface area contributed by atoms with Gasteiger partial charge in [0.15, 0.2) is 0 Å². The number of carbonyl (C=O) groups excluding carboxylic acids is 1. The number of aromatic nitrogens is 1. The minimum atomic E-state index is -0.323. The van der Waals surface area contributed by atoms with Crippen molar-refractivity contribution in [1.82, 2.24) is 9.88 Å². The second kappa shape index (κ2) is 7.93. The van der Waals surface area contributed by atoms with E-state index in [0.717, 1.165) is 11.1 Å². The first-order valence-electron chi connectivity index (χ1n) is 9.16. The molecule has 1 aliphatic heterocycles. The summed E-state index contributed by atoms with van der Waals surface area (Å²) < 4.78 is 5.81. The molecule has 2 heterocycles. The van der Waals surface area contributed by atoms with Gasteiger partial charge in [-0.1, -0.05) is 60.7 Å². The van der Waals surface area contributed by atoms with Gasteiger partial charge >= 0.3 is 0 Å². The summed E-state index contributed by atoms with van der Waals surface area (Å²) in [6.07, 6.45) is 1.40. The average Bonchev–Trinajstić information content (AvgIpc) is 2.72. The molecule has 0 radical (unpaired) electrons. The maximum atomic E-state index is 13.2. The van der Waals surface area contributed by atoms with Crippen LogP contribution >= 0.6 is 0 Å². The Bertz CT molecular complexity index is 936. The number of amides is 1. The Morgan fingerprint density at radius 2 is 1.61 bits per heavy atom. The molecular formula is C23H19N3O2. The first-order chi connectivity index (χ1) is 13.7. The van der Waals surface area contributed by atoms with Crippen molar-refractivity contribution in [2.45, 2.75) is 12.0 Å². The summed E-state index contributed by atoms with van der Waals surface area (Å²) in [5.41, 5.74) is 2.46. The number of benzene rings is 2. The first kappa shape index (κ1) is 17.7. The summed E-state index contributed by atoms with van der Waals surface area (Å²) in [5.74, 6) is 0.222. The fourth-order valence-corrected chi connectivity index (χ4v) is 3.33. The highest BCUT2D eigenvalue weighted by atomic mass is 16.5. The molecule has 4 rings (SSSR count). The van der Waals surface area contributed by atoms with Gasteiger partial charge in [-0.2, -0.15) is 5.26 Å². The van der Waals surface area contributed by atoms with E-state index in [1.165, 1.54) is 6.20 Å². The number of pyridine rings is 1. The standard InChI is InChI=1S/C23H19N3O2/c24-13-17-11-12-21(25-14-17)28-20-15-26(16-20)23(27)22(18-7-3-1-4-8-18)19-9-5-2-6-10-19/h1-12,14,20,22H,15-16H2. The largest absolute Gasteiger partial charge is 0.471 e. The average molecular weight is 369 g/mol. The van der Waals surface area contributed by atoms with E-state index in [2.05, 4.69) is 4.98 Å². The summed E-state index contributed by atoms with van der Waals surface area (Å²) >= 11 is 0. The fourth-order valence-electron chi connectivity index (χ4n) is 3.33. The van der Waals surface area contributed by atoms with E-state index in [-0.39, 0.29) is 17.9 Å². The van der Waals surface area contributed by atoms with Crippen molar-refractivity contribution in [2.24, 2.45) is 0 Å². The van der Waals surface area contributed by atoms with Crippen LogP contribution in [0.5, 0.6) is 5.88 Å². The summed E-state index contributed by atoms with van der Waals surface area (Å²) in [7, 11) is 0.